The van der Waals surface area contributed by atoms with Crippen LogP contribution in [0.2, 0.25) is 0 Å². The number of hydroxylamine groups is 1. The summed E-state index contributed by atoms with van der Waals surface area (Å²) >= 11 is 0. The summed E-state index contributed by atoms with van der Waals surface area (Å²) in [6.45, 7) is 1.45. The number of nitrogens with one attached hydrogen (secondary N) is 2. The highest BCUT2D eigenvalue weighted by Crippen LogP contribution is 2.36. The number of carbonyl (C=O) groups is 1. The van der Waals surface area contributed by atoms with Crippen LogP contribution < -0.4 is 5.48 Å². The lowest BCUT2D eigenvalue weighted by Crippen LogP contribution is -2.32. The van der Waals surface area contributed by atoms with E-state index >= 15 is 0 Å². The Hall–Kier alpha value is -3.00. The van der Waals surface area contributed by atoms with Crippen LogP contribution in [0.15, 0.2) is 48.7 Å². The van der Waals surface area contributed by atoms with Gasteiger partial charge in [0.2, 0.25) is 0 Å². The van der Waals surface area contributed by atoms with Gasteiger partial charge in [-0.3, -0.25) is 14.9 Å². The number of aliphatic hydroxyl groups is 1. The molecular weight excluding hydrogens is 397 g/mol. The van der Waals surface area contributed by atoms with Gasteiger partial charge in [0.05, 0.1) is 6.61 Å². The summed E-state index contributed by atoms with van der Waals surface area (Å²) in [4.78, 5) is 16.7. The second kappa shape index (κ2) is 9.43. The Kier molecular flexibility index (Phi) is 6.46. The lowest BCUT2D eigenvalue weighted by molar-refractivity contribution is -0.124. The fraction of sp³-hybridized carbons (Fsp3) is 0.292. The van der Waals surface area contributed by atoms with Crippen molar-refractivity contribution < 1.29 is 19.5 Å². The number of aromatic amines is 1. The minimum absolute atomic E-state index is 0.0853. The maximum atomic E-state index is 13.4. The fourth-order valence-corrected chi connectivity index (χ4v) is 4.49. The van der Waals surface area contributed by atoms with Crippen molar-refractivity contribution in [2.45, 2.75) is 25.3 Å². The highest BCUT2D eigenvalue weighted by atomic mass is 19.1. The number of fused-ring (bicyclic) bond motifs is 2. The van der Waals surface area contributed by atoms with Crippen LogP contribution in [0.3, 0.4) is 0 Å². The number of amides is 1. The predicted octanol–water partition coefficient (Wildman–Crippen LogP) is 3.35. The molecule has 31 heavy (non-hydrogen) atoms. The molecule has 1 unspecified atom stereocenters. The van der Waals surface area contributed by atoms with Crippen molar-refractivity contribution in [2.75, 3.05) is 19.7 Å². The van der Waals surface area contributed by atoms with Crippen molar-refractivity contribution >= 4 is 22.9 Å². The second-order valence-electron chi connectivity index (χ2n) is 7.84. The van der Waals surface area contributed by atoms with E-state index in [-0.39, 0.29) is 18.5 Å². The number of aromatic nitrogens is 1. The summed E-state index contributed by atoms with van der Waals surface area (Å²) in [6.07, 6.45) is 7.60. The number of hydrogen-bond acceptors (Lipinski definition) is 4. The standard InChI is InChI=1S/C24H26FN3O3/c25-19-4-6-20-18(15-26-22(20)14-19)9-10-28(11-12-29)23-7-3-17-13-16(1-5-21(17)23)2-8-24(30)27-31/h1-2,4-6,8,13-15,23,26,29,31H,3,7,9-12H2,(H,27,30)/b8-2+. The highest BCUT2D eigenvalue weighted by Gasteiger charge is 2.27. The molecular formula is C24H26FN3O3. The summed E-state index contributed by atoms with van der Waals surface area (Å²) in [5.41, 5.74) is 6.91. The number of aryl methyl sites for hydroxylation is 1. The van der Waals surface area contributed by atoms with Gasteiger partial charge in [-0.05, 0) is 65.8 Å². The summed E-state index contributed by atoms with van der Waals surface area (Å²) in [5.74, 6) is -0.816. The first kappa shape index (κ1) is 21.2. The number of carbonyl (C=O) groups excluding carboxylic acids is 1. The first-order valence-corrected chi connectivity index (χ1v) is 10.4. The smallest absolute Gasteiger partial charge is 0.267 e. The SMILES string of the molecule is O=C(/C=C/c1ccc2c(c1)CCC2N(CCO)CCc1c[nH]c2cc(F)ccc12)NO. The van der Waals surface area contributed by atoms with Crippen LogP contribution >= 0.6 is 0 Å². The molecule has 1 amide bonds. The minimum Gasteiger partial charge on any atom is -0.395 e. The number of nitrogens with zero attached hydrogens (tertiary/aromatic N) is 1. The maximum absolute atomic E-state index is 13.4. The third-order valence-corrected chi connectivity index (χ3v) is 5.98. The van der Waals surface area contributed by atoms with Crippen LogP contribution in [0.4, 0.5) is 4.39 Å². The molecule has 1 atom stereocenters. The van der Waals surface area contributed by atoms with Gasteiger partial charge >= 0.3 is 0 Å². The Morgan fingerprint density at radius 2 is 2.13 bits per heavy atom. The topological polar surface area (TPSA) is 88.6 Å². The van der Waals surface area contributed by atoms with Gasteiger partial charge in [0.15, 0.2) is 0 Å². The van der Waals surface area contributed by atoms with Crippen LogP contribution in [-0.2, 0) is 17.6 Å². The van der Waals surface area contributed by atoms with Gasteiger partial charge < -0.3 is 10.1 Å². The molecule has 0 spiro atoms. The number of hydrogen-bond donors (Lipinski definition) is 4. The molecule has 162 valence electrons. The molecule has 1 aliphatic carbocycles. The highest BCUT2D eigenvalue weighted by molar-refractivity contribution is 5.90. The van der Waals surface area contributed by atoms with E-state index in [1.165, 1.54) is 29.3 Å². The van der Waals surface area contributed by atoms with Crippen LogP contribution in [-0.4, -0.2) is 45.8 Å². The Bertz CT molecular complexity index is 1110. The Labute approximate surface area is 180 Å². The van der Waals surface area contributed by atoms with Gasteiger partial charge in [-0.15, -0.1) is 0 Å². The first-order chi connectivity index (χ1) is 15.1. The second-order valence-corrected chi connectivity index (χ2v) is 7.84. The maximum Gasteiger partial charge on any atom is 0.267 e. The van der Waals surface area contributed by atoms with E-state index < -0.39 is 5.91 Å². The molecule has 1 aliphatic rings. The molecule has 4 N–H and O–H groups in total. The molecule has 1 aromatic heterocycles. The molecule has 4 rings (SSSR count). The Morgan fingerprint density at radius 1 is 1.26 bits per heavy atom. The Balaban J connectivity index is 1.49. The molecule has 2 aromatic carbocycles. The number of H-pyrrole nitrogens is 1. The van der Waals surface area contributed by atoms with Crippen molar-refractivity contribution in [3.8, 4) is 0 Å². The third-order valence-electron chi connectivity index (χ3n) is 5.98. The summed E-state index contributed by atoms with van der Waals surface area (Å²) < 4.78 is 13.4. The number of benzene rings is 2. The van der Waals surface area contributed by atoms with E-state index in [9.17, 15) is 14.3 Å². The van der Waals surface area contributed by atoms with Crippen LogP contribution in [0.5, 0.6) is 0 Å². The molecule has 0 aliphatic heterocycles. The van der Waals surface area contributed by atoms with E-state index in [0.717, 1.165) is 47.8 Å². The van der Waals surface area contributed by atoms with Gasteiger partial charge in [0, 0.05) is 42.3 Å². The summed E-state index contributed by atoms with van der Waals surface area (Å²) in [7, 11) is 0. The Morgan fingerprint density at radius 3 is 2.94 bits per heavy atom. The van der Waals surface area contributed by atoms with Crippen molar-refractivity contribution in [1.82, 2.24) is 15.4 Å². The molecule has 0 radical (unpaired) electrons. The normalized spacial score (nSPS) is 15.8. The van der Waals surface area contributed by atoms with Gasteiger partial charge in [-0.2, -0.15) is 0 Å². The quantitative estimate of drug-likeness (QED) is 0.254. The predicted molar refractivity (Wildman–Crippen MR) is 117 cm³/mol. The van der Waals surface area contributed by atoms with E-state index in [1.807, 2.05) is 18.3 Å². The van der Waals surface area contributed by atoms with Crippen molar-refractivity contribution in [3.63, 3.8) is 0 Å². The summed E-state index contributed by atoms with van der Waals surface area (Å²) in [6, 6.07) is 11.1. The first-order valence-electron chi connectivity index (χ1n) is 10.4. The van der Waals surface area contributed by atoms with Gasteiger partial charge in [0.25, 0.3) is 5.91 Å². The van der Waals surface area contributed by atoms with Crippen LogP contribution in [0.1, 0.15) is 34.7 Å². The zero-order valence-corrected chi connectivity index (χ0v) is 17.1. The monoisotopic (exact) mass is 423 g/mol. The molecule has 7 heteroatoms. The molecule has 3 aromatic rings. The van der Waals surface area contributed by atoms with E-state index in [1.54, 1.807) is 11.6 Å². The van der Waals surface area contributed by atoms with Gasteiger partial charge in [0.1, 0.15) is 5.82 Å². The molecule has 0 saturated carbocycles. The number of halogens is 1. The molecule has 0 fully saturated rings. The lowest BCUT2D eigenvalue weighted by Gasteiger charge is -2.29. The van der Waals surface area contributed by atoms with Crippen molar-refractivity contribution in [1.29, 1.82) is 0 Å². The lowest BCUT2D eigenvalue weighted by atomic mass is 10.0. The molecule has 6 nitrogen and oxygen atoms in total. The van der Waals surface area contributed by atoms with Crippen LogP contribution in [0, 0.1) is 5.82 Å². The zero-order valence-electron chi connectivity index (χ0n) is 17.1. The number of aliphatic hydroxyl groups excluding tert-OH is 1. The van der Waals surface area contributed by atoms with Crippen molar-refractivity contribution in [2.24, 2.45) is 0 Å². The molecule has 0 saturated heterocycles. The van der Waals surface area contributed by atoms with E-state index in [2.05, 4.69) is 22.0 Å². The number of rotatable bonds is 8. The van der Waals surface area contributed by atoms with Crippen LogP contribution in [0.25, 0.3) is 17.0 Å². The van der Waals surface area contributed by atoms with E-state index in [4.69, 9.17) is 5.21 Å². The van der Waals surface area contributed by atoms with Gasteiger partial charge in [-0.1, -0.05) is 18.2 Å². The molecule has 0 bridgehead atoms. The summed E-state index contributed by atoms with van der Waals surface area (Å²) in [5, 5.41) is 19.3. The fourth-order valence-electron chi connectivity index (χ4n) is 4.49. The van der Waals surface area contributed by atoms with Gasteiger partial charge in [-0.25, -0.2) is 9.87 Å². The average molecular weight is 423 g/mol. The third kappa shape index (κ3) is 4.69. The minimum atomic E-state index is -0.562. The van der Waals surface area contributed by atoms with Crippen molar-refractivity contribution in [3.05, 3.63) is 76.7 Å². The zero-order chi connectivity index (χ0) is 21.8. The average Bonchev–Trinajstić information content (AvgIpc) is 3.38. The van der Waals surface area contributed by atoms with E-state index in [0.29, 0.717) is 6.54 Å². The molecule has 1 heterocycles. The largest absolute Gasteiger partial charge is 0.395 e.